The molecule has 4 aromatic rings. The molecule has 10 heteroatoms. The van der Waals surface area contributed by atoms with E-state index in [2.05, 4.69) is 51.1 Å². The molecule has 0 spiro atoms. The normalized spacial score (nSPS) is 17.2. The zero-order chi connectivity index (χ0) is 25.2. The topological polar surface area (TPSA) is 102 Å². The Labute approximate surface area is 218 Å². The van der Waals surface area contributed by atoms with Crippen molar-refractivity contribution in [3.05, 3.63) is 74.3 Å². The molecule has 3 N–H and O–H groups in total. The maximum Gasteiger partial charge on any atom is 0.355 e. The van der Waals surface area contributed by atoms with Crippen LogP contribution in [0.1, 0.15) is 37.8 Å². The van der Waals surface area contributed by atoms with E-state index < -0.39 is 5.69 Å². The molecule has 1 aliphatic carbocycles. The molecule has 0 amide bonds. The van der Waals surface area contributed by atoms with Crippen LogP contribution in [0.4, 0.5) is 17.5 Å². The summed E-state index contributed by atoms with van der Waals surface area (Å²) in [4.78, 5) is 28.5. The van der Waals surface area contributed by atoms with Crippen LogP contribution in [0.3, 0.4) is 0 Å². The van der Waals surface area contributed by atoms with Crippen molar-refractivity contribution >= 4 is 51.7 Å². The Balaban J connectivity index is 1.33. The molecule has 0 atom stereocenters. The first-order valence-electron chi connectivity index (χ1n) is 11.9. The molecule has 1 aliphatic heterocycles. The molecule has 3 heterocycles. The lowest BCUT2D eigenvalue weighted by Crippen LogP contribution is -2.47. The molecule has 184 valence electrons. The number of rotatable bonds is 4. The number of aromatic nitrogens is 4. The summed E-state index contributed by atoms with van der Waals surface area (Å²) in [6, 6.07) is 12.1. The van der Waals surface area contributed by atoms with Gasteiger partial charge < -0.3 is 11.1 Å². The predicted octanol–water partition coefficient (Wildman–Crippen LogP) is 5.06. The minimum absolute atomic E-state index is 0.0125. The Morgan fingerprint density at radius 2 is 1.86 bits per heavy atom. The molecule has 2 aliphatic rings. The van der Waals surface area contributed by atoms with Crippen LogP contribution in [-0.4, -0.2) is 37.0 Å². The van der Waals surface area contributed by atoms with E-state index in [1.54, 1.807) is 24.4 Å². The van der Waals surface area contributed by atoms with E-state index >= 15 is 0 Å². The first-order chi connectivity index (χ1) is 17.2. The lowest BCUT2D eigenvalue weighted by molar-refractivity contribution is 0.0976. The highest BCUT2D eigenvalue weighted by Crippen LogP contribution is 2.43. The van der Waals surface area contributed by atoms with E-state index in [4.69, 9.17) is 28.9 Å². The third-order valence-corrected chi connectivity index (χ3v) is 7.80. The molecule has 0 radical (unpaired) electrons. The maximum atomic E-state index is 12.9. The third kappa shape index (κ3) is 3.80. The largest absolute Gasteiger partial charge is 0.384 e. The number of nitrogens with two attached hydrogens (primary N) is 1. The van der Waals surface area contributed by atoms with E-state index in [1.165, 1.54) is 28.5 Å². The Morgan fingerprint density at radius 1 is 1.11 bits per heavy atom. The van der Waals surface area contributed by atoms with E-state index in [-0.39, 0.29) is 32.7 Å². The Bertz CT molecular complexity index is 1560. The number of nitrogens with zero attached hydrogens (tertiary/aromatic N) is 5. The standard InChI is InChI=1S/C26H25Cl2N7O/c1-26(2)18-9-6-15(12-14(18)10-11-34(26)16-7-8-16)31-24-30-13-17-22(29)35(25(36)33-23(17)32-24)21-19(27)4-3-5-20(21)28/h3-6,9,12-13,16H,7-8,10-11,29H2,1-2H3,(H,31,32,33,36). The second-order valence-electron chi connectivity index (χ2n) is 9.85. The van der Waals surface area contributed by atoms with Gasteiger partial charge in [0.1, 0.15) is 5.82 Å². The van der Waals surface area contributed by atoms with Crippen LogP contribution in [0.5, 0.6) is 0 Å². The summed E-state index contributed by atoms with van der Waals surface area (Å²) >= 11 is 12.6. The monoisotopic (exact) mass is 521 g/mol. The summed E-state index contributed by atoms with van der Waals surface area (Å²) in [5.41, 5.74) is 9.75. The lowest BCUT2D eigenvalue weighted by Gasteiger charge is -2.44. The molecule has 0 unspecified atom stereocenters. The van der Waals surface area contributed by atoms with Gasteiger partial charge in [-0.25, -0.2) is 14.3 Å². The highest BCUT2D eigenvalue weighted by atomic mass is 35.5. The average Bonchev–Trinajstić information content (AvgIpc) is 3.66. The molecule has 2 aromatic carbocycles. The van der Waals surface area contributed by atoms with Crippen molar-refractivity contribution in [3.8, 4) is 5.69 Å². The quantitative estimate of drug-likeness (QED) is 0.386. The fraction of sp³-hybridized carbons (Fsp3) is 0.308. The molecular weight excluding hydrogens is 497 g/mol. The van der Waals surface area contributed by atoms with Crippen LogP contribution in [0, 0.1) is 0 Å². The van der Waals surface area contributed by atoms with Crippen LogP contribution in [-0.2, 0) is 12.0 Å². The van der Waals surface area contributed by atoms with Crippen LogP contribution < -0.4 is 16.7 Å². The summed E-state index contributed by atoms with van der Waals surface area (Å²) in [7, 11) is 0. The predicted molar refractivity (Wildman–Crippen MR) is 144 cm³/mol. The highest BCUT2D eigenvalue weighted by molar-refractivity contribution is 6.37. The van der Waals surface area contributed by atoms with Gasteiger partial charge in [0.25, 0.3) is 0 Å². The van der Waals surface area contributed by atoms with Gasteiger partial charge in [-0.05, 0) is 68.5 Å². The summed E-state index contributed by atoms with van der Waals surface area (Å²) in [5, 5.41) is 4.24. The van der Waals surface area contributed by atoms with Crippen molar-refractivity contribution in [2.75, 3.05) is 17.6 Å². The second-order valence-corrected chi connectivity index (χ2v) is 10.7. The number of hydrogen-bond acceptors (Lipinski definition) is 7. The van der Waals surface area contributed by atoms with Gasteiger partial charge in [-0.2, -0.15) is 9.97 Å². The van der Waals surface area contributed by atoms with Crippen molar-refractivity contribution in [2.45, 2.75) is 44.7 Å². The number of anilines is 3. The third-order valence-electron chi connectivity index (χ3n) is 7.19. The number of halogens is 2. The number of benzene rings is 2. The molecule has 2 aromatic heterocycles. The smallest absolute Gasteiger partial charge is 0.355 e. The summed E-state index contributed by atoms with van der Waals surface area (Å²) in [6.45, 7) is 5.68. The van der Waals surface area contributed by atoms with Crippen molar-refractivity contribution < 1.29 is 0 Å². The minimum atomic E-state index is -0.629. The second kappa shape index (κ2) is 8.44. The van der Waals surface area contributed by atoms with Crippen LogP contribution in [0.2, 0.25) is 10.0 Å². The number of hydrogen-bond donors (Lipinski definition) is 2. The highest BCUT2D eigenvalue weighted by Gasteiger charge is 2.42. The molecule has 1 fully saturated rings. The molecule has 0 bridgehead atoms. The number of fused-ring (bicyclic) bond motifs is 2. The Kier molecular flexibility index (Phi) is 5.44. The molecular formula is C26H25Cl2N7O. The molecule has 6 rings (SSSR count). The number of para-hydroxylation sites is 1. The van der Waals surface area contributed by atoms with Gasteiger partial charge in [0, 0.05) is 30.0 Å². The average molecular weight is 522 g/mol. The number of nitrogens with one attached hydrogen (secondary N) is 1. The maximum absolute atomic E-state index is 12.9. The Morgan fingerprint density at radius 3 is 2.58 bits per heavy atom. The summed E-state index contributed by atoms with van der Waals surface area (Å²) in [6.07, 6.45) is 5.15. The lowest BCUT2D eigenvalue weighted by atomic mass is 9.83. The van der Waals surface area contributed by atoms with E-state index in [0.29, 0.717) is 11.3 Å². The fourth-order valence-electron chi connectivity index (χ4n) is 5.29. The minimum Gasteiger partial charge on any atom is -0.384 e. The molecule has 36 heavy (non-hydrogen) atoms. The van der Waals surface area contributed by atoms with Crippen molar-refractivity contribution in [1.29, 1.82) is 0 Å². The van der Waals surface area contributed by atoms with Crippen LogP contribution in [0.25, 0.3) is 16.7 Å². The van der Waals surface area contributed by atoms with E-state index in [9.17, 15) is 4.79 Å². The van der Waals surface area contributed by atoms with Crippen LogP contribution in [0.15, 0.2) is 47.4 Å². The van der Waals surface area contributed by atoms with Gasteiger partial charge in [-0.15, -0.1) is 0 Å². The zero-order valence-corrected chi connectivity index (χ0v) is 21.4. The summed E-state index contributed by atoms with van der Waals surface area (Å²) in [5.74, 6) is 0.444. The van der Waals surface area contributed by atoms with Crippen LogP contribution >= 0.6 is 23.2 Å². The first kappa shape index (κ1) is 23.2. The van der Waals surface area contributed by atoms with Gasteiger partial charge in [-0.3, -0.25) is 4.90 Å². The van der Waals surface area contributed by atoms with Crippen molar-refractivity contribution in [2.24, 2.45) is 0 Å². The van der Waals surface area contributed by atoms with Crippen molar-refractivity contribution in [3.63, 3.8) is 0 Å². The Hall–Kier alpha value is -3.20. The molecule has 8 nitrogen and oxygen atoms in total. The zero-order valence-electron chi connectivity index (χ0n) is 19.9. The van der Waals surface area contributed by atoms with E-state index in [1.807, 2.05) is 6.07 Å². The molecule has 1 saturated carbocycles. The van der Waals surface area contributed by atoms with Crippen molar-refractivity contribution in [1.82, 2.24) is 24.4 Å². The van der Waals surface area contributed by atoms with Gasteiger partial charge in [0.15, 0.2) is 5.65 Å². The molecule has 0 saturated heterocycles. The SMILES string of the molecule is CC1(C)c2ccc(Nc3ncc4c(N)n(-c5c(Cl)cccc5Cl)c(=O)nc4n3)cc2CCN1C1CC1. The number of nitrogen functional groups attached to an aromatic ring is 1. The van der Waals surface area contributed by atoms with Gasteiger partial charge in [-0.1, -0.05) is 35.3 Å². The van der Waals surface area contributed by atoms with Gasteiger partial charge in [0.2, 0.25) is 5.95 Å². The first-order valence-corrected chi connectivity index (χ1v) is 12.7. The van der Waals surface area contributed by atoms with Gasteiger partial charge >= 0.3 is 5.69 Å². The van der Waals surface area contributed by atoms with Gasteiger partial charge in [0.05, 0.1) is 21.1 Å². The fourth-order valence-corrected chi connectivity index (χ4v) is 5.85. The summed E-state index contributed by atoms with van der Waals surface area (Å²) < 4.78 is 1.18. The van der Waals surface area contributed by atoms with E-state index in [0.717, 1.165) is 24.7 Å².